The lowest BCUT2D eigenvalue weighted by Gasteiger charge is -2.24. The highest BCUT2D eigenvalue weighted by Gasteiger charge is 2.15. The Hall–Kier alpha value is -1.83. The smallest absolute Gasteiger partial charge is 0.304 e. The van der Waals surface area contributed by atoms with Crippen molar-refractivity contribution in [2.24, 2.45) is 0 Å². The lowest BCUT2D eigenvalue weighted by molar-refractivity contribution is -0.136. The lowest BCUT2D eigenvalue weighted by atomic mass is 10.2. The first-order valence-electron chi connectivity index (χ1n) is 6.37. The van der Waals surface area contributed by atoms with E-state index in [1.807, 2.05) is 13.8 Å². The number of carboxylic acids is 1. The Morgan fingerprint density at radius 3 is 2.52 bits per heavy atom. The summed E-state index contributed by atoms with van der Waals surface area (Å²) >= 11 is 0. The zero-order chi connectivity index (χ0) is 16.2. The summed E-state index contributed by atoms with van der Waals surface area (Å²) in [4.78, 5) is 12.1. The minimum atomic E-state index is -3.81. The van der Waals surface area contributed by atoms with E-state index < -0.39 is 34.0 Å². The van der Waals surface area contributed by atoms with E-state index in [2.05, 4.69) is 4.72 Å². The quantitative estimate of drug-likeness (QED) is 0.801. The first-order valence-corrected chi connectivity index (χ1v) is 8.02. The standard InChI is InChI=1S/C13H19FN2O4S/c1-9(2)16(3)12-5-4-10(8-11(12)14)15-21(19,20)7-6-13(17)18/h4-5,8-9,15H,6-7H2,1-3H3,(H,17,18). The highest BCUT2D eigenvalue weighted by Crippen LogP contribution is 2.24. The van der Waals surface area contributed by atoms with Crippen molar-refractivity contribution in [3.8, 4) is 0 Å². The molecule has 0 fully saturated rings. The maximum Gasteiger partial charge on any atom is 0.304 e. The predicted octanol–water partition coefficient (Wildman–Crippen LogP) is 1.89. The molecule has 0 aliphatic carbocycles. The molecule has 0 heterocycles. The van der Waals surface area contributed by atoms with Crippen LogP contribution >= 0.6 is 0 Å². The highest BCUT2D eigenvalue weighted by molar-refractivity contribution is 7.92. The number of aliphatic carboxylic acids is 1. The Labute approximate surface area is 123 Å². The van der Waals surface area contributed by atoms with E-state index in [1.165, 1.54) is 12.1 Å². The fraction of sp³-hybridized carbons (Fsp3) is 0.462. The number of benzene rings is 1. The molecular weight excluding hydrogens is 299 g/mol. The molecule has 6 nitrogen and oxygen atoms in total. The first kappa shape index (κ1) is 17.2. The second-order valence-electron chi connectivity index (χ2n) is 4.94. The van der Waals surface area contributed by atoms with E-state index in [1.54, 1.807) is 11.9 Å². The molecular formula is C13H19FN2O4S. The Bertz CT molecular complexity index is 617. The van der Waals surface area contributed by atoms with Crippen LogP contribution in [0.5, 0.6) is 0 Å². The molecule has 0 aliphatic heterocycles. The maximum absolute atomic E-state index is 14.0. The number of nitrogens with zero attached hydrogens (tertiary/aromatic N) is 1. The fourth-order valence-corrected chi connectivity index (χ4v) is 2.62. The normalized spacial score (nSPS) is 11.5. The summed E-state index contributed by atoms with van der Waals surface area (Å²) in [7, 11) is -2.07. The highest BCUT2D eigenvalue weighted by atomic mass is 32.2. The van der Waals surface area contributed by atoms with Gasteiger partial charge in [-0.2, -0.15) is 0 Å². The van der Waals surface area contributed by atoms with Crippen LogP contribution in [0.15, 0.2) is 18.2 Å². The number of halogens is 1. The number of sulfonamides is 1. The first-order chi connectivity index (χ1) is 9.62. The van der Waals surface area contributed by atoms with Crippen LogP contribution in [0.2, 0.25) is 0 Å². The summed E-state index contributed by atoms with van der Waals surface area (Å²) in [5.41, 5.74) is 0.428. The zero-order valence-corrected chi connectivity index (χ0v) is 12.9. The van der Waals surface area contributed by atoms with Gasteiger partial charge in [-0.15, -0.1) is 0 Å². The van der Waals surface area contributed by atoms with Gasteiger partial charge in [0, 0.05) is 19.2 Å². The van der Waals surface area contributed by atoms with Gasteiger partial charge in [0.15, 0.2) is 0 Å². The summed E-state index contributed by atoms with van der Waals surface area (Å²) in [6.45, 7) is 3.81. The van der Waals surface area contributed by atoms with Crippen molar-refractivity contribution in [1.82, 2.24) is 0 Å². The van der Waals surface area contributed by atoms with Crippen molar-refractivity contribution in [3.63, 3.8) is 0 Å². The molecule has 0 radical (unpaired) electrons. The molecule has 1 rings (SSSR count). The average Bonchev–Trinajstić information content (AvgIpc) is 2.35. The molecule has 21 heavy (non-hydrogen) atoms. The minimum Gasteiger partial charge on any atom is -0.481 e. The molecule has 1 aromatic rings. The van der Waals surface area contributed by atoms with Crippen molar-refractivity contribution in [3.05, 3.63) is 24.0 Å². The van der Waals surface area contributed by atoms with E-state index in [-0.39, 0.29) is 11.7 Å². The van der Waals surface area contributed by atoms with Crippen LogP contribution < -0.4 is 9.62 Å². The van der Waals surface area contributed by atoms with E-state index in [0.29, 0.717) is 5.69 Å². The minimum absolute atomic E-state index is 0.0683. The molecule has 0 saturated heterocycles. The van der Waals surface area contributed by atoms with Crippen molar-refractivity contribution in [2.75, 3.05) is 22.4 Å². The predicted molar refractivity (Wildman–Crippen MR) is 79.6 cm³/mol. The van der Waals surface area contributed by atoms with Gasteiger partial charge < -0.3 is 10.0 Å². The van der Waals surface area contributed by atoms with Gasteiger partial charge in [0.2, 0.25) is 10.0 Å². The number of carboxylic acid groups (broad SMARTS) is 1. The molecule has 0 bridgehead atoms. The van der Waals surface area contributed by atoms with Gasteiger partial charge in [-0.05, 0) is 26.0 Å². The van der Waals surface area contributed by atoms with Crippen molar-refractivity contribution >= 4 is 27.4 Å². The summed E-state index contributed by atoms with van der Waals surface area (Å²) in [5, 5.41) is 8.48. The summed E-state index contributed by atoms with van der Waals surface area (Å²) in [5.74, 6) is -2.32. The van der Waals surface area contributed by atoms with E-state index >= 15 is 0 Å². The average molecular weight is 318 g/mol. The van der Waals surface area contributed by atoms with E-state index in [0.717, 1.165) is 6.07 Å². The maximum atomic E-state index is 14.0. The number of nitrogens with one attached hydrogen (secondary N) is 1. The molecule has 1 aromatic carbocycles. The SMILES string of the molecule is CC(C)N(C)c1ccc(NS(=O)(=O)CCC(=O)O)cc1F. The third-order valence-corrected chi connectivity index (χ3v) is 4.25. The Morgan fingerprint density at radius 1 is 1.43 bits per heavy atom. The largest absolute Gasteiger partial charge is 0.481 e. The van der Waals surface area contributed by atoms with Crippen molar-refractivity contribution < 1.29 is 22.7 Å². The number of rotatable bonds is 7. The summed E-state index contributed by atoms with van der Waals surface area (Å²) < 4.78 is 39.4. The van der Waals surface area contributed by atoms with Crippen LogP contribution in [-0.4, -0.2) is 38.3 Å². The summed E-state index contributed by atoms with van der Waals surface area (Å²) in [6.07, 6.45) is -0.508. The molecule has 8 heteroatoms. The molecule has 0 spiro atoms. The molecule has 0 unspecified atom stereocenters. The zero-order valence-electron chi connectivity index (χ0n) is 12.1. The Kier molecular flexibility index (Phi) is 5.54. The van der Waals surface area contributed by atoms with Gasteiger partial charge in [-0.1, -0.05) is 0 Å². The van der Waals surface area contributed by atoms with Gasteiger partial charge in [0.25, 0.3) is 0 Å². The van der Waals surface area contributed by atoms with Crippen LogP contribution in [0.25, 0.3) is 0 Å². The topological polar surface area (TPSA) is 86.7 Å². The fourth-order valence-electron chi connectivity index (χ4n) is 1.59. The van der Waals surface area contributed by atoms with Gasteiger partial charge in [0.1, 0.15) is 5.82 Å². The molecule has 0 atom stereocenters. The molecule has 0 aromatic heterocycles. The Morgan fingerprint density at radius 2 is 2.05 bits per heavy atom. The third-order valence-electron chi connectivity index (χ3n) is 2.96. The molecule has 2 N–H and O–H groups in total. The van der Waals surface area contributed by atoms with Gasteiger partial charge in [-0.3, -0.25) is 9.52 Å². The second-order valence-corrected chi connectivity index (χ2v) is 6.78. The number of carbonyl (C=O) groups is 1. The summed E-state index contributed by atoms with van der Waals surface area (Å²) in [6, 6.07) is 4.09. The van der Waals surface area contributed by atoms with Crippen LogP contribution in [0, 0.1) is 5.82 Å². The van der Waals surface area contributed by atoms with Crippen molar-refractivity contribution in [1.29, 1.82) is 0 Å². The molecule has 0 aliphatic rings. The van der Waals surface area contributed by atoms with E-state index in [9.17, 15) is 17.6 Å². The van der Waals surface area contributed by atoms with Crippen molar-refractivity contribution in [2.45, 2.75) is 26.3 Å². The van der Waals surface area contributed by atoms with Crippen LogP contribution in [0.4, 0.5) is 15.8 Å². The number of hydrogen-bond acceptors (Lipinski definition) is 4. The molecule has 118 valence electrons. The van der Waals surface area contributed by atoms with Gasteiger partial charge in [0.05, 0.1) is 23.5 Å². The van der Waals surface area contributed by atoms with E-state index in [4.69, 9.17) is 5.11 Å². The molecule has 0 amide bonds. The number of hydrogen-bond donors (Lipinski definition) is 2. The van der Waals surface area contributed by atoms with Crippen LogP contribution in [0.1, 0.15) is 20.3 Å². The molecule has 0 saturated carbocycles. The van der Waals surface area contributed by atoms with Gasteiger partial charge >= 0.3 is 5.97 Å². The van der Waals surface area contributed by atoms with Gasteiger partial charge in [-0.25, -0.2) is 12.8 Å². The monoisotopic (exact) mass is 318 g/mol. The second kappa shape index (κ2) is 6.75. The lowest BCUT2D eigenvalue weighted by Crippen LogP contribution is -2.26. The Balaban J connectivity index is 2.87. The van der Waals surface area contributed by atoms with Crippen LogP contribution in [-0.2, 0) is 14.8 Å². The van der Waals surface area contributed by atoms with Crippen LogP contribution in [0.3, 0.4) is 0 Å². The third kappa shape index (κ3) is 5.22. The number of anilines is 2.